The fraction of sp³-hybridized carbons (Fsp3) is 0.0851. The lowest BCUT2D eigenvalue weighted by atomic mass is 9.92. The predicted molar refractivity (Wildman–Crippen MR) is 211 cm³/mol. The first-order chi connectivity index (χ1) is 25.6. The molecule has 9 rings (SSSR count). The summed E-state index contributed by atoms with van der Waals surface area (Å²) in [5.74, 6) is 0. The van der Waals surface area contributed by atoms with Gasteiger partial charge in [0, 0.05) is 32.7 Å². The highest BCUT2D eigenvalue weighted by Gasteiger charge is 2.32. The highest BCUT2D eigenvalue weighted by molar-refractivity contribution is 6.12. The number of aryl methyl sites for hydroxylation is 3. The zero-order chi connectivity index (χ0) is 36.6. The monoisotopic (exact) mass is 695 g/mol. The number of nitrogens with zero attached hydrogens (tertiary/aromatic N) is 3. The van der Waals surface area contributed by atoms with E-state index in [0.717, 1.165) is 77.2 Å². The van der Waals surface area contributed by atoms with Gasteiger partial charge in [0.15, 0.2) is 5.69 Å². The first kappa shape index (κ1) is 32.3. The third kappa shape index (κ3) is 5.19. The summed E-state index contributed by atoms with van der Waals surface area (Å²) in [5, 5.41) is 4.29. The van der Waals surface area contributed by atoms with Gasteiger partial charge < -0.3 is 9.13 Å². The Morgan fingerprint density at radius 2 is 1.08 bits per heavy atom. The largest absolute Gasteiger partial charge is 0.416 e. The Morgan fingerprint density at radius 3 is 1.72 bits per heavy atom. The van der Waals surface area contributed by atoms with Crippen LogP contribution in [0, 0.1) is 27.3 Å². The van der Waals surface area contributed by atoms with Crippen LogP contribution in [0.15, 0.2) is 140 Å². The number of rotatable bonds is 4. The van der Waals surface area contributed by atoms with E-state index in [1.165, 1.54) is 12.1 Å². The van der Waals surface area contributed by atoms with Gasteiger partial charge in [0.25, 0.3) is 0 Å². The van der Waals surface area contributed by atoms with Gasteiger partial charge in [-0.15, -0.1) is 0 Å². The molecule has 2 aromatic heterocycles. The van der Waals surface area contributed by atoms with E-state index in [9.17, 15) is 13.2 Å². The molecule has 0 aliphatic heterocycles. The van der Waals surface area contributed by atoms with Gasteiger partial charge in [-0.1, -0.05) is 91.0 Å². The van der Waals surface area contributed by atoms with Crippen LogP contribution in [0.2, 0.25) is 0 Å². The molecule has 0 saturated heterocycles. The molecule has 0 fully saturated rings. The molecule has 0 unspecified atom stereocenters. The fourth-order valence-electron chi connectivity index (χ4n) is 8.00. The van der Waals surface area contributed by atoms with Crippen LogP contribution in [-0.4, -0.2) is 9.13 Å². The average Bonchev–Trinajstić information content (AvgIpc) is 3.65. The highest BCUT2D eigenvalue weighted by Crippen LogP contribution is 2.46. The lowest BCUT2D eigenvalue weighted by Crippen LogP contribution is -2.07. The Kier molecular flexibility index (Phi) is 7.32. The molecule has 0 saturated carbocycles. The Balaban J connectivity index is 1.47. The summed E-state index contributed by atoms with van der Waals surface area (Å²) in [7, 11) is 0. The van der Waals surface area contributed by atoms with Crippen molar-refractivity contribution < 1.29 is 13.2 Å². The van der Waals surface area contributed by atoms with Crippen molar-refractivity contribution >= 4 is 49.3 Å². The Morgan fingerprint density at radius 1 is 0.491 bits per heavy atom. The second-order valence-electron chi connectivity index (χ2n) is 13.8. The average molecular weight is 696 g/mol. The van der Waals surface area contributed by atoms with Crippen LogP contribution >= 0.6 is 0 Å². The topological polar surface area (TPSA) is 14.2 Å². The van der Waals surface area contributed by atoms with Crippen LogP contribution in [0.4, 0.5) is 18.9 Å². The number of alkyl halides is 3. The van der Waals surface area contributed by atoms with Gasteiger partial charge in [-0.3, -0.25) is 0 Å². The maximum atomic E-state index is 14.4. The van der Waals surface area contributed by atoms with Crippen molar-refractivity contribution in [1.82, 2.24) is 9.13 Å². The maximum absolute atomic E-state index is 14.4. The van der Waals surface area contributed by atoms with Crippen LogP contribution in [0.5, 0.6) is 0 Å². The summed E-state index contributed by atoms with van der Waals surface area (Å²) in [6.45, 7) is 13.9. The molecule has 0 N–H and O–H groups in total. The van der Waals surface area contributed by atoms with Crippen LogP contribution in [-0.2, 0) is 6.18 Å². The highest BCUT2D eigenvalue weighted by atomic mass is 19.4. The molecule has 9 aromatic rings. The number of halogens is 3. The molecule has 0 radical (unpaired) electrons. The number of hydrogen-bond donors (Lipinski definition) is 0. The van der Waals surface area contributed by atoms with Crippen molar-refractivity contribution in [2.45, 2.75) is 26.9 Å². The Hall–Kier alpha value is -6.58. The number of aromatic nitrogens is 2. The molecule has 7 aromatic carbocycles. The summed E-state index contributed by atoms with van der Waals surface area (Å²) in [6.07, 6.45) is -4.52. The van der Waals surface area contributed by atoms with Crippen molar-refractivity contribution in [2.75, 3.05) is 0 Å². The minimum absolute atomic E-state index is 0.461. The molecule has 256 valence electrons. The minimum atomic E-state index is -4.52. The van der Waals surface area contributed by atoms with Gasteiger partial charge in [0.2, 0.25) is 0 Å². The fourth-order valence-corrected chi connectivity index (χ4v) is 8.00. The molecule has 2 heterocycles. The first-order valence-corrected chi connectivity index (χ1v) is 17.5. The van der Waals surface area contributed by atoms with E-state index in [1.54, 1.807) is 6.92 Å². The summed E-state index contributed by atoms with van der Waals surface area (Å²) in [4.78, 5) is 3.86. The van der Waals surface area contributed by atoms with Crippen molar-refractivity contribution in [2.24, 2.45) is 0 Å². The molecular formula is C47H32F3N3. The van der Waals surface area contributed by atoms with E-state index in [1.807, 2.05) is 73.7 Å². The smallest absolute Gasteiger partial charge is 0.309 e. The molecule has 0 aliphatic rings. The number of para-hydroxylation sites is 3. The first-order valence-electron chi connectivity index (χ1n) is 17.5. The van der Waals surface area contributed by atoms with Gasteiger partial charge in [0.1, 0.15) is 0 Å². The maximum Gasteiger partial charge on any atom is 0.416 e. The van der Waals surface area contributed by atoms with Gasteiger partial charge in [-0.05, 0) is 97.1 Å². The Bertz CT molecular complexity index is 2990. The lowest BCUT2D eigenvalue weighted by molar-refractivity contribution is -0.137. The molecule has 53 heavy (non-hydrogen) atoms. The van der Waals surface area contributed by atoms with E-state index in [4.69, 9.17) is 6.57 Å². The van der Waals surface area contributed by atoms with Crippen molar-refractivity contribution in [3.8, 4) is 33.6 Å². The SMILES string of the molecule is [C-]#[N+]c1ccc(-n2c3ccccc3c3ccc(C)cc32)c(-c2cccc(-c3cc(C)cc(C(F)(F)F)c3)c2-n2c3ccccc3c3ccc(C)cc32)c1. The van der Waals surface area contributed by atoms with Crippen molar-refractivity contribution in [3.05, 3.63) is 173 Å². The van der Waals surface area contributed by atoms with Gasteiger partial charge in [0.05, 0.1) is 45.6 Å². The zero-order valence-corrected chi connectivity index (χ0v) is 29.3. The van der Waals surface area contributed by atoms with Crippen LogP contribution < -0.4 is 0 Å². The molecule has 0 spiro atoms. The predicted octanol–water partition coefficient (Wildman–Crippen LogP) is 13.7. The molecule has 0 bridgehead atoms. The summed E-state index contributed by atoms with van der Waals surface area (Å²) in [6, 6.07) is 45.1. The summed E-state index contributed by atoms with van der Waals surface area (Å²) in [5.41, 5.74) is 10.7. The van der Waals surface area contributed by atoms with E-state index >= 15 is 0 Å². The Labute approximate surface area is 304 Å². The summed E-state index contributed by atoms with van der Waals surface area (Å²) < 4.78 is 47.6. The lowest BCUT2D eigenvalue weighted by Gasteiger charge is -2.22. The minimum Gasteiger partial charge on any atom is -0.309 e. The third-order valence-electron chi connectivity index (χ3n) is 10.3. The molecule has 6 heteroatoms. The number of fused-ring (bicyclic) bond motifs is 6. The quantitative estimate of drug-likeness (QED) is 0.163. The standard InChI is InChI=1S/C47H32F3N3/c1-28-16-19-37-35-10-5-7-14-41(35)52(44(37)24-28)43-21-18-33(51-4)27-40(43)39-13-9-12-34(31-22-30(3)23-32(26-31)47(48,49)50)46(39)53-42-15-8-6-11-36(42)38-20-17-29(2)25-45(38)53/h5-27H,1-3H3. The molecular weight excluding hydrogens is 664 g/mol. The van der Waals surface area contributed by atoms with Crippen molar-refractivity contribution in [1.29, 1.82) is 0 Å². The third-order valence-corrected chi connectivity index (χ3v) is 10.3. The van der Waals surface area contributed by atoms with Crippen LogP contribution in [0.3, 0.4) is 0 Å². The van der Waals surface area contributed by atoms with E-state index in [-0.39, 0.29) is 0 Å². The van der Waals surface area contributed by atoms with Gasteiger partial charge in [-0.25, -0.2) is 4.85 Å². The van der Waals surface area contributed by atoms with E-state index in [0.29, 0.717) is 22.4 Å². The molecule has 0 aliphatic carbocycles. The second kappa shape index (κ2) is 12.0. The van der Waals surface area contributed by atoms with Crippen LogP contribution in [0.25, 0.3) is 82.1 Å². The molecule has 0 atom stereocenters. The van der Waals surface area contributed by atoms with E-state index in [2.05, 4.69) is 81.6 Å². The normalized spacial score (nSPS) is 11.9. The molecule has 0 amide bonds. The van der Waals surface area contributed by atoms with Gasteiger partial charge in [-0.2, -0.15) is 13.2 Å². The van der Waals surface area contributed by atoms with Crippen LogP contribution in [0.1, 0.15) is 22.3 Å². The number of benzene rings is 7. The van der Waals surface area contributed by atoms with Gasteiger partial charge >= 0.3 is 6.18 Å². The zero-order valence-electron chi connectivity index (χ0n) is 29.3. The number of hydrogen-bond acceptors (Lipinski definition) is 0. The summed E-state index contributed by atoms with van der Waals surface area (Å²) >= 11 is 0. The van der Waals surface area contributed by atoms with E-state index < -0.39 is 11.7 Å². The molecule has 3 nitrogen and oxygen atoms in total. The second-order valence-corrected chi connectivity index (χ2v) is 13.8. The van der Waals surface area contributed by atoms with Crippen molar-refractivity contribution in [3.63, 3.8) is 0 Å².